The van der Waals surface area contributed by atoms with E-state index in [-0.39, 0.29) is 53.2 Å². The molecule has 8 atom stereocenters. The molecule has 0 radical (unpaired) electrons. The fourth-order valence-corrected chi connectivity index (χ4v) is 20.1. The molecule has 3 aliphatic heterocycles. The molecule has 4 aromatic heterocycles. The van der Waals surface area contributed by atoms with Gasteiger partial charge in [-0.25, -0.2) is 29.9 Å². The van der Waals surface area contributed by atoms with Crippen LogP contribution >= 0.6 is 0 Å². The van der Waals surface area contributed by atoms with Crippen LogP contribution in [0.1, 0.15) is 80.7 Å². The summed E-state index contributed by atoms with van der Waals surface area (Å²) in [5, 5.41) is 42.8. The van der Waals surface area contributed by atoms with E-state index in [2.05, 4.69) is 98.5 Å². The van der Waals surface area contributed by atoms with Gasteiger partial charge in [0, 0.05) is 12.8 Å². The number of ether oxygens (including phenoxy) is 2. The van der Waals surface area contributed by atoms with E-state index >= 15 is 0 Å². The molecule has 19 nitrogen and oxygen atoms in total. The first-order chi connectivity index (χ1) is 27.9. The van der Waals surface area contributed by atoms with Gasteiger partial charge in [0.15, 0.2) is 35.4 Å². The Bertz CT molecular complexity index is 2100. The third kappa shape index (κ3) is 7.42. The fourth-order valence-electron chi connectivity index (χ4n) is 8.81. The van der Waals surface area contributed by atoms with E-state index in [4.69, 9.17) is 33.9 Å². The average molecular weight is 857 g/mol. The molecule has 324 valence electrons. The molecule has 3 aliphatic rings. The summed E-state index contributed by atoms with van der Waals surface area (Å²) in [5.74, 6) is 0.469. The highest BCUT2D eigenvalue weighted by Gasteiger charge is 2.65. The largest absolute Gasteiger partial charge is 0.414 e. The molecule has 3 fully saturated rings. The Labute approximate surface area is 346 Å². The Morgan fingerprint density at radius 3 is 1.69 bits per heavy atom. The Morgan fingerprint density at radius 1 is 0.763 bits per heavy atom. The second kappa shape index (κ2) is 17.0. The Hall–Kier alpha value is -3.75. The number of nitrogens with two attached hydrogens (primary N) is 2. The number of aliphatic hydroxyl groups excluding tert-OH is 2. The Balaban J connectivity index is 0.000000226. The molecule has 0 amide bonds. The summed E-state index contributed by atoms with van der Waals surface area (Å²) in [5.41, 5.74) is 11.0. The molecule has 0 aromatic carbocycles. The first kappa shape index (κ1) is 44.8. The summed E-state index contributed by atoms with van der Waals surface area (Å²) in [6.45, 7) is 24.7. The zero-order valence-electron chi connectivity index (χ0n) is 35.0. The summed E-state index contributed by atoms with van der Waals surface area (Å²) >= 11 is 0. The lowest BCUT2D eigenvalue weighted by Crippen LogP contribution is -2.67. The van der Waals surface area contributed by atoms with Crippen LogP contribution in [0.4, 0.5) is 11.6 Å². The van der Waals surface area contributed by atoms with Crippen molar-refractivity contribution >= 4 is 51.1 Å². The standard InChI is InChI=1S/C25H43N5O5Si2.C13H17N5O4/c1-10-11-25(31)21-19(33-24(25)30-14-29-20-22(26)27-13-28-23(20)30)12-32-36(15(2)3,16(4)5)35-37(34-21,17(6)7)18(8)9;1-2-3-13(21)9(20)7(4-19)22-12(13)18-6-17-8-10(14)15-5-16-11(8)18/h10,13-19,21,24,31H,1,11-12H2,2-9H3,(H2,26,27,28);2,5-7,9,12,19-21H,1,3-4H2,(H2,14,15,16)/t19-,21-,24?,25-;7-,9-,12?,13-/m11/s1. The number of aromatic nitrogens is 8. The fraction of sp³-hybridized carbons (Fsp3) is 0.632. The highest BCUT2D eigenvalue weighted by atomic mass is 28.5. The van der Waals surface area contributed by atoms with Gasteiger partial charge >= 0.3 is 17.1 Å². The molecular formula is C38H60N10O9Si2. The maximum atomic E-state index is 12.4. The summed E-state index contributed by atoms with van der Waals surface area (Å²) in [6, 6.07) is 0. The van der Waals surface area contributed by atoms with Crippen molar-refractivity contribution in [3.63, 3.8) is 0 Å². The Morgan fingerprint density at radius 2 is 1.24 bits per heavy atom. The van der Waals surface area contributed by atoms with Gasteiger partial charge in [0.2, 0.25) is 0 Å². The van der Waals surface area contributed by atoms with Gasteiger partial charge in [-0.3, -0.25) is 9.13 Å². The van der Waals surface area contributed by atoms with Crippen LogP contribution in [0, 0.1) is 0 Å². The molecule has 0 spiro atoms. The molecule has 2 unspecified atom stereocenters. The van der Waals surface area contributed by atoms with E-state index in [1.807, 2.05) is 0 Å². The van der Waals surface area contributed by atoms with Crippen molar-refractivity contribution in [2.45, 2.75) is 138 Å². The van der Waals surface area contributed by atoms with Crippen LogP contribution < -0.4 is 11.5 Å². The van der Waals surface area contributed by atoms with Crippen LogP contribution in [-0.2, 0) is 22.4 Å². The number of fused-ring (bicyclic) bond motifs is 3. The molecule has 59 heavy (non-hydrogen) atoms. The van der Waals surface area contributed by atoms with Crippen molar-refractivity contribution < 1.29 is 42.9 Å². The molecule has 21 heteroatoms. The van der Waals surface area contributed by atoms with Gasteiger partial charge < -0.3 is 54.3 Å². The SMILES string of the molecule is C=CC[C@]1(O)C(n2cnc3c(N)ncnc32)O[C@@H]2CO[Si](C(C)C)(C(C)C)O[Si](C(C)C)(C(C)C)O[C@H]21.C=CC[C@]1(O)C(n2cnc3c(N)ncnc32)O[C@H](CO)[C@H]1O. The highest BCUT2D eigenvalue weighted by molar-refractivity contribution is 6.84. The predicted molar refractivity (Wildman–Crippen MR) is 224 cm³/mol. The molecule has 0 aliphatic carbocycles. The van der Waals surface area contributed by atoms with E-state index in [0.29, 0.717) is 22.3 Å². The highest BCUT2D eigenvalue weighted by Crippen LogP contribution is 2.52. The molecule has 4 aromatic rings. The van der Waals surface area contributed by atoms with Crippen molar-refractivity contribution in [3.05, 3.63) is 50.6 Å². The van der Waals surface area contributed by atoms with Crippen LogP contribution in [0.5, 0.6) is 0 Å². The number of rotatable bonds is 11. The number of imidazole rings is 2. The van der Waals surface area contributed by atoms with E-state index in [1.165, 1.54) is 29.6 Å². The van der Waals surface area contributed by atoms with Crippen molar-refractivity contribution in [1.82, 2.24) is 39.0 Å². The topological polar surface area (TPSA) is 266 Å². The van der Waals surface area contributed by atoms with Crippen LogP contribution in [-0.4, -0.2) is 125 Å². The lowest BCUT2D eigenvalue weighted by Gasteiger charge is -2.52. The first-order valence-electron chi connectivity index (χ1n) is 20.0. The number of hydrogen-bond donors (Lipinski definition) is 6. The molecule has 3 saturated heterocycles. The summed E-state index contributed by atoms with van der Waals surface area (Å²) in [6.07, 6.45) is 3.85. The molecule has 0 saturated carbocycles. The minimum Gasteiger partial charge on any atom is -0.414 e. The van der Waals surface area contributed by atoms with Gasteiger partial charge in [0.05, 0.1) is 25.9 Å². The van der Waals surface area contributed by atoms with Gasteiger partial charge in [-0.15, -0.1) is 13.2 Å². The lowest BCUT2D eigenvalue weighted by molar-refractivity contribution is -0.105. The average Bonchev–Trinajstić information content (AvgIpc) is 3.92. The van der Waals surface area contributed by atoms with Crippen molar-refractivity contribution in [2.24, 2.45) is 0 Å². The van der Waals surface area contributed by atoms with Crippen LogP contribution in [0.2, 0.25) is 22.2 Å². The van der Waals surface area contributed by atoms with E-state index in [0.717, 1.165) is 0 Å². The summed E-state index contributed by atoms with van der Waals surface area (Å²) < 4.78 is 36.7. The van der Waals surface area contributed by atoms with Gasteiger partial charge in [-0.1, -0.05) is 67.5 Å². The maximum absolute atomic E-state index is 12.4. The lowest BCUT2D eigenvalue weighted by atomic mass is 9.90. The Kier molecular flexibility index (Phi) is 12.9. The maximum Gasteiger partial charge on any atom is 0.335 e. The number of nitrogen functional groups attached to an aromatic ring is 2. The third-order valence-electron chi connectivity index (χ3n) is 11.9. The van der Waals surface area contributed by atoms with Gasteiger partial charge in [0.25, 0.3) is 0 Å². The number of aliphatic hydroxyl groups is 4. The minimum atomic E-state index is -2.97. The van der Waals surface area contributed by atoms with E-state index in [1.54, 1.807) is 17.0 Å². The van der Waals surface area contributed by atoms with E-state index < -0.39 is 71.8 Å². The van der Waals surface area contributed by atoms with Crippen molar-refractivity contribution in [3.8, 4) is 0 Å². The monoisotopic (exact) mass is 856 g/mol. The van der Waals surface area contributed by atoms with Crippen LogP contribution in [0.25, 0.3) is 22.3 Å². The van der Waals surface area contributed by atoms with E-state index in [9.17, 15) is 20.4 Å². The minimum absolute atomic E-state index is 0.0651. The van der Waals surface area contributed by atoms with Gasteiger partial charge in [-0.2, -0.15) is 0 Å². The van der Waals surface area contributed by atoms with Crippen LogP contribution in [0.3, 0.4) is 0 Å². The predicted octanol–water partition coefficient (Wildman–Crippen LogP) is 3.54. The molecule has 7 rings (SSSR count). The third-order valence-corrected chi connectivity index (χ3v) is 22.1. The number of hydrogen-bond acceptors (Lipinski definition) is 17. The molecule has 7 heterocycles. The quantitative estimate of drug-likeness (QED) is 0.0930. The number of nitrogens with zero attached hydrogens (tertiary/aromatic N) is 8. The number of anilines is 2. The van der Waals surface area contributed by atoms with Crippen LogP contribution in [0.15, 0.2) is 50.6 Å². The summed E-state index contributed by atoms with van der Waals surface area (Å²) in [7, 11) is -5.72. The molecular weight excluding hydrogens is 797 g/mol. The van der Waals surface area contributed by atoms with Crippen molar-refractivity contribution in [1.29, 1.82) is 0 Å². The first-order valence-corrected chi connectivity index (χ1v) is 23.9. The van der Waals surface area contributed by atoms with Crippen molar-refractivity contribution in [2.75, 3.05) is 24.7 Å². The second-order valence-electron chi connectivity index (χ2n) is 16.8. The summed E-state index contributed by atoms with van der Waals surface area (Å²) in [4.78, 5) is 24.9. The zero-order valence-corrected chi connectivity index (χ0v) is 37.0. The normalized spacial score (nSPS) is 30.4. The smallest absolute Gasteiger partial charge is 0.335 e. The zero-order chi connectivity index (χ0) is 43.2. The van der Waals surface area contributed by atoms with Gasteiger partial charge in [0.1, 0.15) is 59.3 Å². The second-order valence-corrected chi connectivity index (χ2v) is 25.7. The molecule has 0 bridgehead atoms. The van der Waals surface area contributed by atoms with Gasteiger partial charge in [-0.05, 0) is 22.2 Å². The molecule has 8 N–H and O–H groups in total.